The minimum Gasteiger partial charge on any atom is -0.481 e. The van der Waals surface area contributed by atoms with Crippen molar-refractivity contribution in [2.45, 2.75) is 19.3 Å². The molecule has 0 saturated heterocycles. The van der Waals surface area contributed by atoms with Crippen molar-refractivity contribution >= 4 is 16.7 Å². The Morgan fingerprint density at radius 2 is 2.25 bits per heavy atom. The summed E-state index contributed by atoms with van der Waals surface area (Å²) >= 11 is 0. The second-order valence-electron chi connectivity index (χ2n) is 3.74. The van der Waals surface area contributed by atoms with Crippen molar-refractivity contribution in [3.8, 4) is 0 Å². The van der Waals surface area contributed by atoms with E-state index in [4.69, 9.17) is 5.11 Å². The summed E-state index contributed by atoms with van der Waals surface area (Å²) in [5, 5.41) is 11.1. The Labute approximate surface area is 93.7 Å². The fourth-order valence-electron chi connectivity index (χ4n) is 1.97. The van der Waals surface area contributed by atoms with Crippen LogP contribution in [0.15, 0.2) is 36.7 Å². The Morgan fingerprint density at radius 1 is 1.44 bits per heavy atom. The molecule has 1 aromatic carbocycles. The molecule has 0 spiro atoms. The summed E-state index contributed by atoms with van der Waals surface area (Å²) in [6, 6.07) is 7.62. The molecule has 0 aliphatic heterocycles. The third-order valence-corrected chi connectivity index (χ3v) is 2.80. The van der Waals surface area contributed by atoms with Crippen LogP contribution in [0, 0.1) is 0 Å². The van der Waals surface area contributed by atoms with Gasteiger partial charge in [0.1, 0.15) is 0 Å². The lowest BCUT2D eigenvalue weighted by Gasteiger charge is -2.12. The van der Waals surface area contributed by atoms with E-state index in [0.717, 1.165) is 16.3 Å². The van der Waals surface area contributed by atoms with E-state index in [9.17, 15) is 4.79 Å². The standard InChI is InChI=1S/C13H13NO2/c1-2-10(13(15)16)11-5-3-4-9-6-7-14-8-12(9)11/h3-8,10H,2H2,1H3,(H,15,16). The van der Waals surface area contributed by atoms with Gasteiger partial charge in [-0.2, -0.15) is 0 Å². The molecule has 1 N–H and O–H groups in total. The quantitative estimate of drug-likeness (QED) is 0.856. The van der Waals surface area contributed by atoms with Crippen molar-refractivity contribution in [1.29, 1.82) is 0 Å². The largest absolute Gasteiger partial charge is 0.481 e. The normalized spacial score (nSPS) is 12.6. The molecule has 2 aromatic rings. The molecule has 0 amide bonds. The Bertz CT molecular complexity index is 517. The molecule has 1 aromatic heterocycles. The number of carboxylic acid groups (broad SMARTS) is 1. The predicted octanol–water partition coefficient (Wildman–Crippen LogP) is 2.81. The summed E-state index contributed by atoms with van der Waals surface area (Å²) < 4.78 is 0. The molecule has 0 fully saturated rings. The van der Waals surface area contributed by atoms with Gasteiger partial charge in [-0.1, -0.05) is 25.1 Å². The van der Waals surface area contributed by atoms with Gasteiger partial charge in [0, 0.05) is 17.8 Å². The number of nitrogens with zero attached hydrogens (tertiary/aromatic N) is 1. The molecule has 1 atom stereocenters. The van der Waals surface area contributed by atoms with Crippen LogP contribution in [0.25, 0.3) is 10.8 Å². The van der Waals surface area contributed by atoms with Crippen LogP contribution in [0.5, 0.6) is 0 Å². The van der Waals surface area contributed by atoms with Gasteiger partial charge >= 0.3 is 5.97 Å². The molecule has 0 aliphatic rings. The molecule has 0 radical (unpaired) electrons. The zero-order valence-electron chi connectivity index (χ0n) is 9.05. The van der Waals surface area contributed by atoms with Gasteiger partial charge in [0.15, 0.2) is 0 Å². The molecular weight excluding hydrogens is 202 g/mol. The maximum absolute atomic E-state index is 11.2. The van der Waals surface area contributed by atoms with Crippen LogP contribution in [0.2, 0.25) is 0 Å². The summed E-state index contributed by atoms with van der Waals surface area (Å²) in [6.45, 7) is 1.88. The van der Waals surface area contributed by atoms with E-state index in [0.29, 0.717) is 6.42 Å². The molecule has 16 heavy (non-hydrogen) atoms. The first-order chi connectivity index (χ1) is 7.74. The number of hydrogen-bond donors (Lipinski definition) is 1. The average molecular weight is 215 g/mol. The summed E-state index contributed by atoms with van der Waals surface area (Å²) in [5.41, 5.74) is 0.848. The number of benzene rings is 1. The first-order valence-electron chi connectivity index (χ1n) is 5.29. The fourth-order valence-corrected chi connectivity index (χ4v) is 1.97. The summed E-state index contributed by atoms with van der Waals surface area (Å²) in [6.07, 6.45) is 4.04. The van der Waals surface area contributed by atoms with E-state index in [1.807, 2.05) is 31.2 Å². The van der Waals surface area contributed by atoms with Crippen molar-refractivity contribution in [2.24, 2.45) is 0 Å². The lowest BCUT2D eigenvalue weighted by Crippen LogP contribution is -2.10. The van der Waals surface area contributed by atoms with Crippen LogP contribution in [0.1, 0.15) is 24.8 Å². The van der Waals surface area contributed by atoms with Crippen molar-refractivity contribution < 1.29 is 9.90 Å². The minimum absolute atomic E-state index is 0.451. The number of fused-ring (bicyclic) bond motifs is 1. The summed E-state index contributed by atoms with van der Waals surface area (Å²) in [4.78, 5) is 15.2. The van der Waals surface area contributed by atoms with E-state index < -0.39 is 11.9 Å². The monoisotopic (exact) mass is 215 g/mol. The van der Waals surface area contributed by atoms with Gasteiger partial charge in [0.2, 0.25) is 0 Å². The maximum Gasteiger partial charge on any atom is 0.310 e. The van der Waals surface area contributed by atoms with E-state index in [-0.39, 0.29) is 0 Å². The fraction of sp³-hybridized carbons (Fsp3) is 0.231. The van der Waals surface area contributed by atoms with Crippen LogP contribution in [0.3, 0.4) is 0 Å². The van der Waals surface area contributed by atoms with Crippen LogP contribution in [-0.4, -0.2) is 16.1 Å². The summed E-state index contributed by atoms with van der Waals surface area (Å²) in [5.74, 6) is -1.23. The van der Waals surface area contributed by atoms with Crippen molar-refractivity contribution in [3.05, 3.63) is 42.2 Å². The first-order valence-corrected chi connectivity index (χ1v) is 5.29. The zero-order chi connectivity index (χ0) is 11.5. The molecule has 0 bridgehead atoms. The predicted molar refractivity (Wildman–Crippen MR) is 62.4 cm³/mol. The maximum atomic E-state index is 11.2. The zero-order valence-corrected chi connectivity index (χ0v) is 9.05. The van der Waals surface area contributed by atoms with Crippen molar-refractivity contribution in [1.82, 2.24) is 4.98 Å². The smallest absolute Gasteiger partial charge is 0.310 e. The third kappa shape index (κ3) is 1.76. The van der Waals surface area contributed by atoms with Crippen LogP contribution < -0.4 is 0 Å². The second kappa shape index (κ2) is 4.31. The SMILES string of the molecule is CCC(C(=O)O)c1cccc2ccncc12. The van der Waals surface area contributed by atoms with E-state index in [2.05, 4.69) is 4.98 Å². The van der Waals surface area contributed by atoms with Gasteiger partial charge in [-0.3, -0.25) is 9.78 Å². The van der Waals surface area contributed by atoms with Crippen molar-refractivity contribution in [3.63, 3.8) is 0 Å². The van der Waals surface area contributed by atoms with E-state index in [1.165, 1.54) is 0 Å². The number of hydrogen-bond acceptors (Lipinski definition) is 2. The number of pyridine rings is 1. The number of rotatable bonds is 3. The van der Waals surface area contributed by atoms with Gasteiger partial charge in [0.25, 0.3) is 0 Å². The molecular formula is C13H13NO2. The number of aromatic nitrogens is 1. The van der Waals surface area contributed by atoms with Crippen LogP contribution >= 0.6 is 0 Å². The molecule has 0 aliphatic carbocycles. The summed E-state index contributed by atoms with van der Waals surface area (Å²) in [7, 11) is 0. The number of carboxylic acids is 1. The Morgan fingerprint density at radius 3 is 2.94 bits per heavy atom. The van der Waals surface area contributed by atoms with E-state index in [1.54, 1.807) is 12.4 Å². The number of aliphatic carboxylic acids is 1. The third-order valence-electron chi connectivity index (χ3n) is 2.80. The first kappa shape index (κ1) is 10.6. The highest BCUT2D eigenvalue weighted by Crippen LogP contribution is 2.27. The van der Waals surface area contributed by atoms with Crippen LogP contribution in [-0.2, 0) is 4.79 Å². The van der Waals surface area contributed by atoms with Gasteiger partial charge in [-0.05, 0) is 23.4 Å². The molecule has 82 valence electrons. The van der Waals surface area contributed by atoms with Gasteiger partial charge < -0.3 is 5.11 Å². The van der Waals surface area contributed by atoms with Crippen molar-refractivity contribution in [2.75, 3.05) is 0 Å². The molecule has 1 unspecified atom stereocenters. The highest BCUT2D eigenvalue weighted by molar-refractivity contribution is 5.90. The number of carbonyl (C=O) groups is 1. The van der Waals surface area contributed by atoms with Gasteiger partial charge in [-0.15, -0.1) is 0 Å². The highest BCUT2D eigenvalue weighted by Gasteiger charge is 2.19. The molecule has 3 nitrogen and oxygen atoms in total. The second-order valence-corrected chi connectivity index (χ2v) is 3.74. The molecule has 2 rings (SSSR count). The Kier molecular flexibility index (Phi) is 2.86. The highest BCUT2D eigenvalue weighted by atomic mass is 16.4. The average Bonchev–Trinajstić information content (AvgIpc) is 2.30. The van der Waals surface area contributed by atoms with Gasteiger partial charge in [-0.25, -0.2) is 0 Å². The topological polar surface area (TPSA) is 50.2 Å². The molecule has 1 heterocycles. The minimum atomic E-state index is -0.779. The Hall–Kier alpha value is -1.90. The lowest BCUT2D eigenvalue weighted by atomic mass is 9.92. The molecule has 0 saturated carbocycles. The van der Waals surface area contributed by atoms with E-state index >= 15 is 0 Å². The van der Waals surface area contributed by atoms with Crippen LogP contribution in [0.4, 0.5) is 0 Å². The lowest BCUT2D eigenvalue weighted by molar-refractivity contribution is -0.138. The molecule has 3 heteroatoms. The van der Waals surface area contributed by atoms with Gasteiger partial charge in [0.05, 0.1) is 5.92 Å². The Balaban J connectivity index is 2.63.